The maximum Gasteiger partial charge on any atom is 0.243 e. The van der Waals surface area contributed by atoms with Crippen molar-refractivity contribution in [3.05, 3.63) is 0 Å². The second kappa shape index (κ2) is 10.0. The number of carbonyl (C=O) groups is 2. The van der Waals surface area contributed by atoms with Crippen molar-refractivity contribution >= 4 is 23.6 Å². The van der Waals surface area contributed by atoms with E-state index in [1.165, 1.54) is 0 Å². The van der Waals surface area contributed by atoms with E-state index >= 15 is 0 Å². The van der Waals surface area contributed by atoms with Crippen LogP contribution >= 0.6 is 11.8 Å². The lowest BCUT2D eigenvalue weighted by molar-refractivity contribution is -0.140. The Morgan fingerprint density at radius 1 is 1.38 bits per heavy atom. The number of nitrogens with zero attached hydrogens (tertiary/aromatic N) is 1. The summed E-state index contributed by atoms with van der Waals surface area (Å²) >= 11 is 1.64. The molecule has 1 saturated heterocycles. The highest BCUT2D eigenvalue weighted by Crippen LogP contribution is 2.23. The molecule has 0 bridgehead atoms. The number of carbonyl (C=O) groups excluding carboxylic acids is 2. The van der Waals surface area contributed by atoms with Crippen LogP contribution in [0.15, 0.2) is 0 Å². The molecule has 0 aromatic heterocycles. The molecule has 2 N–H and O–H groups in total. The van der Waals surface area contributed by atoms with Gasteiger partial charge in [0, 0.05) is 38.4 Å². The van der Waals surface area contributed by atoms with E-state index in [2.05, 4.69) is 10.6 Å². The molecule has 0 radical (unpaired) electrons. The lowest BCUT2D eigenvalue weighted by atomic mass is 10.1. The Balaban J connectivity index is 2.33. The molecule has 6 nitrogen and oxygen atoms in total. The molecule has 122 valence electrons. The number of ether oxygens (including phenoxy) is 1. The molecule has 1 heterocycles. The standard InChI is InChI=1S/C14H27N3O3S/c1-4-11(2)14(19)17-10-21-9-12(17)13(18)16-6-5-15-7-8-20-3/h11-12,15H,4-10H2,1-3H3,(H,16,18). The van der Waals surface area contributed by atoms with E-state index in [1.807, 2.05) is 13.8 Å². The van der Waals surface area contributed by atoms with E-state index in [0.29, 0.717) is 31.3 Å². The Morgan fingerprint density at radius 2 is 2.14 bits per heavy atom. The first kappa shape index (κ1) is 18.3. The maximum absolute atomic E-state index is 12.2. The third-order valence-corrected chi connectivity index (χ3v) is 4.60. The third-order valence-electron chi connectivity index (χ3n) is 3.59. The third kappa shape index (κ3) is 5.84. The Morgan fingerprint density at radius 3 is 2.81 bits per heavy atom. The van der Waals surface area contributed by atoms with Crippen molar-refractivity contribution in [2.45, 2.75) is 26.3 Å². The van der Waals surface area contributed by atoms with Crippen LogP contribution < -0.4 is 10.6 Å². The van der Waals surface area contributed by atoms with Crippen LogP contribution in [0, 0.1) is 5.92 Å². The van der Waals surface area contributed by atoms with Crippen LogP contribution in [-0.4, -0.2) is 67.7 Å². The van der Waals surface area contributed by atoms with Gasteiger partial charge in [-0.25, -0.2) is 0 Å². The average Bonchev–Trinajstić information content (AvgIpc) is 2.98. The van der Waals surface area contributed by atoms with Gasteiger partial charge >= 0.3 is 0 Å². The van der Waals surface area contributed by atoms with Gasteiger partial charge in [-0.1, -0.05) is 13.8 Å². The van der Waals surface area contributed by atoms with Crippen LogP contribution in [-0.2, 0) is 14.3 Å². The van der Waals surface area contributed by atoms with E-state index in [-0.39, 0.29) is 23.8 Å². The molecule has 1 fully saturated rings. The highest BCUT2D eigenvalue weighted by atomic mass is 32.2. The van der Waals surface area contributed by atoms with Crippen molar-refractivity contribution in [2.24, 2.45) is 5.92 Å². The van der Waals surface area contributed by atoms with E-state index in [4.69, 9.17) is 4.74 Å². The van der Waals surface area contributed by atoms with Crippen molar-refractivity contribution in [3.8, 4) is 0 Å². The summed E-state index contributed by atoms with van der Waals surface area (Å²) in [6, 6.07) is -0.324. The van der Waals surface area contributed by atoms with Gasteiger partial charge in [-0.15, -0.1) is 11.8 Å². The minimum atomic E-state index is -0.324. The van der Waals surface area contributed by atoms with Gasteiger partial charge < -0.3 is 20.3 Å². The first-order valence-electron chi connectivity index (χ1n) is 7.47. The van der Waals surface area contributed by atoms with Crippen molar-refractivity contribution in [2.75, 3.05) is 45.0 Å². The Labute approximate surface area is 131 Å². The summed E-state index contributed by atoms with van der Waals surface area (Å²) in [5.41, 5.74) is 0. The fraction of sp³-hybridized carbons (Fsp3) is 0.857. The average molecular weight is 317 g/mol. The second-order valence-corrected chi connectivity index (χ2v) is 6.17. The highest BCUT2D eigenvalue weighted by Gasteiger charge is 2.35. The number of methoxy groups -OCH3 is 1. The number of amides is 2. The zero-order valence-corrected chi connectivity index (χ0v) is 14.0. The smallest absolute Gasteiger partial charge is 0.243 e. The topological polar surface area (TPSA) is 70.7 Å². The minimum Gasteiger partial charge on any atom is -0.383 e. The number of thioether (sulfide) groups is 1. The molecule has 2 unspecified atom stereocenters. The second-order valence-electron chi connectivity index (χ2n) is 5.17. The molecule has 1 aliphatic rings. The van der Waals surface area contributed by atoms with Gasteiger partial charge in [0.05, 0.1) is 12.5 Å². The zero-order chi connectivity index (χ0) is 15.7. The van der Waals surface area contributed by atoms with Gasteiger partial charge in [0.25, 0.3) is 0 Å². The lowest BCUT2D eigenvalue weighted by Gasteiger charge is -2.25. The van der Waals surface area contributed by atoms with Gasteiger partial charge in [-0.3, -0.25) is 9.59 Å². The van der Waals surface area contributed by atoms with E-state index < -0.39 is 0 Å². The number of hydrogen-bond acceptors (Lipinski definition) is 5. The largest absolute Gasteiger partial charge is 0.383 e. The molecule has 0 aromatic rings. The minimum absolute atomic E-state index is 0.0188. The summed E-state index contributed by atoms with van der Waals surface area (Å²) in [5, 5.41) is 6.06. The summed E-state index contributed by atoms with van der Waals surface area (Å²) in [4.78, 5) is 26.1. The van der Waals surface area contributed by atoms with Crippen molar-refractivity contribution in [3.63, 3.8) is 0 Å². The molecule has 2 atom stereocenters. The van der Waals surface area contributed by atoms with E-state index in [1.54, 1.807) is 23.8 Å². The Bertz CT molecular complexity index is 341. The van der Waals surface area contributed by atoms with Crippen LogP contribution in [0.4, 0.5) is 0 Å². The molecule has 1 aliphatic heterocycles. The fourth-order valence-corrected chi connectivity index (χ4v) is 3.19. The van der Waals surface area contributed by atoms with Crippen LogP contribution in [0.5, 0.6) is 0 Å². The molecule has 1 rings (SSSR count). The molecule has 21 heavy (non-hydrogen) atoms. The van der Waals surface area contributed by atoms with Crippen LogP contribution in [0.3, 0.4) is 0 Å². The summed E-state index contributed by atoms with van der Waals surface area (Å²) in [6.45, 7) is 6.60. The van der Waals surface area contributed by atoms with Crippen LogP contribution in [0.25, 0.3) is 0 Å². The molecule has 2 amide bonds. The summed E-state index contributed by atoms with van der Waals surface area (Å²) in [7, 11) is 1.66. The number of hydrogen-bond donors (Lipinski definition) is 2. The van der Waals surface area contributed by atoms with Crippen molar-refractivity contribution in [1.29, 1.82) is 0 Å². The van der Waals surface area contributed by atoms with Crippen LogP contribution in [0.2, 0.25) is 0 Å². The van der Waals surface area contributed by atoms with E-state index in [0.717, 1.165) is 13.0 Å². The molecule has 0 aromatic carbocycles. The van der Waals surface area contributed by atoms with Crippen LogP contribution in [0.1, 0.15) is 20.3 Å². The molecule has 0 spiro atoms. The quantitative estimate of drug-likeness (QED) is 0.598. The molecule has 7 heteroatoms. The predicted molar refractivity (Wildman–Crippen MR) is 85.2 cm³/mol. The monoisotopic (exact) mass is 317 g/mol. The fourth-order valence-electron chi connectivity index (χ4n) is 2.03. The molecule has 0 saturated carbocycles. The van der Waals surface area contributed by atoms with Crippen molar-refractivity contribution in [1.82, 2.24) is 15.5 Å². The van der Waals surface area contributed by atoms with Gasteiger partial charge in [0.1, 0.15) is 6.04 Å². The Kier molecular flexibility index (Phi) is 8.72. The summed E-state index contributed by atoms with van der Waals surface area (Å²) in [6.07, 6.45) is 0.803. The predicted octanol–water partition coefficient (Wildman–Crippen LogP) is 0.286. The van der Waals surface area contributed by atoms with Gasteiger partial charge in [0.15, 0.2) is 0 Å². The number of nitrogens with one attached hydrogen (secondary N) is 2. The Hall–Kier alpha value is -0.790. The SMILES string of the molecule is CCC(C)C(=O)N1CSCC1C(=O)NCCNCCOC. The first-order valence-corrected chi connectivity index (χ1v) is 8.62. The van der Waals surface area contributed by atoms with E-state index in [9.17, 15) is 9.59 Å². The normalized spacial score (nSPS) is 19.6. The summed E-state index contributed by atoms with van der Waals surface area (Å²) in [5.74, 6) is 1.32. The first-order chi connectivity index (χ1) is 10.1. The summed E-state index contributed by atoms with van der Waals surface area (Å²) < 4.78 is 4.93. The van der Waals surface area contributed by atoms with Gasteiger partial charge in [-0.05, 0) is 6.42 Å². The maximum atomic E-state index is 12.2. The lowest BCUT2D eigenvalue weighted by Crippen LogP contribution is -2.49. The van der Waals surface area contributed by atoms with Gasteiger partial charge in [-0.2, -0.15) is 0 Å². The van der Waals surface area contributed by atoms with Crippen molar-refractivity contribution < 1.29 is 14.3 Å². The molecular weight excluding hydrogens is 290 g/mol. The zero-order valence-electron chi connectivity index (χ0n) is 13.2. The van der Waals surface area contributed by atoms with Gasteiger partial charge in [0.2, 0.25) is 11.8 Å². The highest BCUT2D eigenvalue weighted by molar-refractivity contribution is 7.99. The molecule has 0 aliphatic carbocycles. The molecular formula is C14H27N3O3S. The number of rotatable bonds is 9.